The highest BCUT2D eigenvalue weighted by molar-refractivity contribution is 7.12. The number of hydrogen-bond acceptors (Lipinski definition) is 3. The summed E-state index contributed by atoms with van der Waals surface area (Å²) in [5.74, 6) is 5.72. The second kappa shape index (κ2) is 5.02. The van der Waals surface area contributed by atoms with Crippen LogP contribution in [0.1, 0.15) is 33.3 Å². The van der Waals surface area contributed by atoms with E-state index in [-0.39, 0.29) is 6.04 Å². The van der Waals surface area contributed by atoms with Crippen LogP contribution in [0.3, 0.4) is 0 Å². The van der Waals surface area contributed by atoms with Crippen molar-refractivity contribution in [2.75, 3.05) is 0 Å². The molecule has 94 valence electrons. The first kappa shape index (κ1) is 12.2. The smallest absolute Gasteiger partial charge is 0.0817 e. The average Bonchev–Trinajstić information content (AvgIpc) is 2.93. The third-order valence-electron chi connectivity index (χ3n) is 3.43. The molecule has 1 aliphatic rings. The van der Waals surface area contributed by atoms with Gasteiger partial charge in [0.25, 0.3) is 0 Å². The third-order valence-corrected chi connectivity index (χ3v) is 5.08. The first-order valence-corrected chi connectivity index (χ1v) is 7.31. The molecule has 4 heteroatoms. The van der Waals surface area contributed by atoms with Crippen molar-refractivity contribution in [3.63, 3.8) is 0 Å². The molecule has 1 aromatic heterocycles. The van der Waals surface area contributed by atoms with E-state index in [1.165, 1.54) is 34.6 Å². The molecule has 0 aliphatic heterocycles. The van der Waals surface area contributed by atoms with Crippen LogP contribution in [0, 0.1) is 0 Å². The van der Waals surface area contributed by atoms with Crippen molar-refractivity contribution in [3.8, 4) is 0 Å². The molecule has 0 amide bonds. The minimum Gasteiger partial charge on any atom is -0.271 e. The van der Waals surface area contributed by atoms with E-state index in [4.69, 9.17) is 17.4 Å². The number of nitrogens with one attached hydrogen (secondary N) is 1. The number of hydrazine groups is 1. The highest BCUT2D eigenvalue weighted by atomic mass is 35.5. The summed E-state index contributed by atoms with van der Waals surface area (Å²) in [6, 6.07) is 10.1. The Bertz CT molecular complexity index is 543. The van der Waals surface area contributed by atoms with Crippen LogP contribution in [0.25, 0.3) is 0 Å². The van der Waals surface area contributed by atoms with Gasteiger partial charge in [-0.2, -0.15) is 0 Å². The monoisotopic (exact) mass is 278 g/mol. The first-order valence-electron chi connectivity index (χ1n) is 6.11. The summed E-state index contributed by atoms with van der Waals surface area (Å²) in [5.41, 5.74) is 5.42. The fourth-order valence-electron chi connectivity index (χ4n) is 2.53. The van der Waals surface area contributed by atoms with Crippen molar-refractivity contribution in [3.05, 3.63) is 56.2 Å². The number of benzene rings is 1. The van der Waals surface area contributed by atoms with Crippen LogP contribution in [0.15, 0.2) is 30.3 Å². The van der Waals surface area contributed by atoms with Gasteiger partial charge in [0.2, 0.25) is 0 Å². The molecule has 1 heterocycles. The Morgan fingerprint density at radius 1 is 1.28 bits per heavy atom. The Labute approximate surface area is 116 Å². The zero-order valence-corrected chi connectivity index (χ0v) is 11.5. The first-order chi connectivity index (χ1) is 8.79. The second-order valence-corrected chi connectivity index (χ2v) is 6.15. The standard InChI is InChI=1S/C14H15ClN2S/c15-11-6-2-1-5-10(11)14(17-16)13-8-9-4-3-7-12(9)18-13/h1-2,5-6,8,14,17H,3-4,7,16H2. The van der Waals surface area contributed by atoms with E-state index in [0.29, 0.717) is 0 Å². The maximum absolute atomic E-state index is 6.25. The van der Waals surface area contributed by atoms with Crippen molar-refractivity contribution in [2.45, 2.75) is 25.3 Å². The van der Waals surface area contributed by atoms with E-state index in [1.807, 2.05) is 35.6 Å². The third kappa shape index (κ3) is 2.08. The summed E-state index contributed by atoms with van der Waals surface area (Å²) in [4.78, 5) is 2.77. The maximum atomic E-state index is 6.25. The van der Waals surface area contributed by atoms with Crippen LogP contribution in [-0.4, -0.2) is 0 Å². The van der Waals surface area contributed by atoms with Gasteiger partial charge in [-0.05, 0) is 42.5 Å². The van der Waals surface area contributed by atoms with Crippen LogP contribution >= 0.6 is 22.9 Å². The van der Waals surface area contributed by atoms with Gasteiger partial charge < -0.3 is 0 Å². The number of thiophene rings is 1. The Balaban J connectivity index is 1.99. The van der Waals surface area contributed by atoms with Gasteiger partial charge >= 0.3 is 0 Å². The van der Waals surface area contributed by atoms with Gasteiger partial charge in [-0.15, -0.1) is 11.3 Å². The summed E-state index contributed by atoms with van der Waals surface area (Å²) in [6.07, 6.45) is 3.69. The van der Waals surface area contributed by atoms with E-state index >= 15 is 0 Å². The van der Waals surface area contributed by atoms with Gasteiger partial charge in [0.15, 0.2) is 0 Å². The van der Waals surface area contributed by atoms with Crippen LogP contribution in [0.5, 0.6) is 0 Å². The molecule has 0 radical (unpaired) electrons. The molecule has 0 saturated heterocycles. The molecule has 1 atom stereocenters. The largest absolute Gasteiger partial charge is 0.271 e. The predicted octanol–water partition coefficient (Wildman–Crippen LogP) is 3.44. The predicted molar refractivity (Wildman–Crippen MR) is 77.0 cm³/mol. The minimum atomic E-state index is -0.00528. The van der Waals surface area contributed by atoms with Crippen molar-refractivity contribution < 1.29 is 0 Å². The summed E-state index contributed by atoms with van der Waals surface area (Å²) >= 11 is 8.11. The lowest BCUT2D eigenvalue weighted by molar-refractivity contribution is 0.646. The topological polar surface area (TPSA) is 38.0 Å². The molecule has 18 heavy (non-hydrogen) atoms. The van der Waals surface area contributed by atoms with Crippen molar-refractivity contribution in [1.82, 2.24) is 5.43 Å². The Morgan fingerprint density at radius 3 is 2.83 bits per heavy atom. The molecule has 2 nitrogen and oxygen atoms in total. The Morgan fingerprint density at radius 2 is 2.11 bits per heavy atom. The molecule has 3 N–H and O–H groups in total. The molecule has 1 aromatic carbocycles. The number of fused-ring (bicyclic) bond motifs is 1. The lowest BCUT2D eigenvalue weighted by Gasteiger charge is -2.16. The van der Waals surface area contributed by atoms with Crippen LogP contribution in [0.2, 0.25) is 5.02 Å². The number of aryl methyl sites for hydroxylation is 2. The summed E-state index contributed by atoms with van der Waals surface area (Å²) in [6.45, 7) is 0. The summed E-state index contributed by atoms with van der Waals surface area (Å²) < 4.78 is 0. The molecule has 0 bridgehead atoms. The number of hydrogen-bond donors (Lipinski definition) is 2. The molecule has 1 unspecified atom stereocenters. The van der Waals surface area contributed by atoms with Crippen LogP contribution < -0.4 is 11.3 Å². The Hall–Kier alpha value is -0.870. The zero-order chi connectivity index (χ0) is 12.5. The molecule has 3 rings (SSSR count). The molecule has 0 saturated carbocycles. The van der Waals surface area contributed by atoms with E-state index in [1.54, 1.807) is 0 Å². The molecule has 0 fully saturated rings. The highest BCUT2D eigenvalue weighted by Gasteiger charge is 2.21. The highest BCUT2D eigenvalue weighted by Crippen LogP contribution is 2.37. The van der Waals surface area contributed by atoms with Crippen molar-refractivity contribution in [1.29, 1.82) is 0 Å². The van der Waals surface area contributed by atoms with Crippen LogP contribution in [-0.2, 0) is 12.8 Å². The zero-order valence-electron chi connectivity index (χ0n) is 9.95. The van der Waals surface area contributed by atoms with Gasteiger partial charge in [-0.3, -0.25) is 5.84 Å². The molecule has 2 aromatic rings. The van der Waals surface area contributed by atoms with Crippen LogP contribution in [0.4, 0.5) is 0 Å². The number of halogens is 1. The lowest BCUT2D eigenvalue weighted by Crippen LogP contribution is -2.28. The van der Waals surface area contributed by atoms with Gasteiger partial charge in [0.05, 0.1) is 6.04 Å². The van der Waals surface area contributed by atoms with Crippen molar-refractivity contribution in [2.24, 2.45) is 5.84 Å². The molecular weight excluding hydrogens is 264 g/mol. The van der Waals surface area contributed by atoms with E-state index in [9.17, 15) is 0 Å². The molecule has 1 aliphatic carbocycles. The molecular formula is C14H15ClN2S. The van der Waals surface area contributed by atoms with Gasteiger partial charge in [-0.1, -0.05) is 29.8 Å². The fraction of sp³-hybridized carbons (Fsp3) is 0.286. The van der Waals surface area contributed by atoms with E-state index in [0.717, 1.165) is 10.6 Å². The second-order valence-electron chi connectivity index (χ2n) is 4.57. The normalized spacial score (nSPS) is 15.7. The van der Waals surface area contributed by atoms with Crippen molar-refractivity contribution >= 4 is 22.9 Å². The van der Waals surface area contributed by atoms with Gasteiger partial charge in [0.1, 0.15) is 0 Å². The minimum absolute atomic E-state index is 0.00528. The van der Waals surface area contributed by atoms with Gasteiger partial charge in [0, 0.05) is 14.8 Å². The average molecular weight is 279 g/mol. The number of nitrogens with two attached hydrogens (primary N) is 1. The van der Waals surface area contributed by atoms with E-state index < -0.39 is 0 Å². The lowest BCUT2D eigenvalue weighted by atomic mass is 10.1. The number of rotatable bonds is 3. The SMILES string of the molecule is NNC(c1cc2c(s1)CCC2)c1ccccc1Cl. The maximum Gasteiger partial charge on any atom is 0.0817 e. The van der Waals surface area contributed by atoms with E-state index in [2.05, 4.69) is 11.5 Å². The summed E-state index contributed by atoms with van der Waals surface area (Å²) in [7, 11) is 0. The molecule has 0 spiro atoms. The fourth-order valence-corrected chi connectivity index (χ4v) is 4.11. The Kier molecular flexibility index (Phi) is 3.39. The quantitative estimate of drug-likeness (QED) is 0.667. The summed E-state index contributed by atoms with van der Waals surface area (Å²) in [5, 5.41) is 0.758. The van der Waals surface area contributed by atoms with Gasteiger partial charge in [-0.25, -0.2) is 5.43 Å².